The van der Waals surface area contributed by atoms with Crippen molar-refractivity contribution in [2.45, 2.75) is 6.92 Å². The van der Waals surface area contributed by atoms with Crippen molar-refractivity contribution in [3.63, 3.8) is 0 Å². The number of aryl methyl sites for hydroxylation is 1. The zero-order valence-electron chi connectivity index (χ0n) is 7.63. The molecule has 0 aliphatic carbocycles. The van der Waals surface area contributed by atoms with Gasteiger partial charge in [0.2, 0.25) is 0 Å². The molecule has 0 unspecified atom stereocenters. The lowest BCUT2D eigenvalue weighted by Crippen LogP contribution is -2.20. The molecular formula is C9H12N2O2. The largest absolute Gasteiger partial charge is 0.495 e. The first-order valence-corrected chi connectivity index (χ1v) is 3.85. The van der Waals surface area contributed by atoms with Gasteiger partial charge >= 0.3 is 6.03 Å². The zero-order chi connectivity index (χ0) is 9.84. The van der Waals surface area contributed by atoms with Gasteiger partial charge in [-0.2, -0.15) is 0 Å². The van der Waals surface area contributed by atoms with Crippen molar-refractivity contribution < 1.29 is 9.53 Å². The normalized spacial score (nSPS) is 9.38. The number of amides is 2. The molecule has 2 amide bonds. The molecule has 0 heterocycles. The van der Waals surface area contributed by atoms with Crippen LogP contribution in [0.2, 0.25) is 0 Å². The number of hydrogen-bond donors (Lipinski definition) is 2. The molecule has 4 heteroatoms. The van der Waals surface area contributed by atoms with Gasteiger partial charge in [0.15, 0.2) is 0 Å². The number of para-hydroxylation sites is 1. The van der Waals surface area contributed by atoms with Crippen LogP contribution in [0.1, 0.15) is 5.56 Å². The van der Waals surface area contributed by atoms with Crippen molar-refractivity contribution in [1.82, 2.24) is 0 Å². The van der Waals surface area contributed by atoms with Gasteiger partial charge in [0.25, 0.3) is 0 Å². The summed E-state index contributed by atoms with van der Waals surface area (Å²) in [6.07, 6.45) is 0. The van der Waals surface area contributed by atoms with E-state index < -0.39 is 6.03 Å². The number of methoxy groups -OCH3 is 1. The van der Waals surface area contributed by atoms with Crippen LogP contribution in [0, 0.1) is 6.92 Å². The van der Waals surface area contributed by atoms with Gasteiger partial charge in [-0.15, -0.1) is 0 Å². The molecule has 4 nitrogen and oxygen atoms in total. The maximum absolute atomic E-state index is 10.6. The van der Waals surface area contributed by atoms with E-state index in [2.05, 4.69) is 5.32 Å². The zero-order valence-corrected chi connectivity index (χ0v) is 7.63. The fraction of sp³-hybridized carbons (Fsp3) is 0.222. The van der Waals surface area contributed by atoms with E-state index in [1.54, 1.807) is 13.2 Å². The van der Waals surface area contributed by atoms with Crippen LogP contribution in [0.25, 0.3) is 0 Å². The molecule has 70 valence electrons. The maximum Gasteiger partial charge on any atom is 0.316 e. The first kappa shape index (κ1) is 9.38. The predicted octanol–water partition coefficient (Wildman–Crippen LogP) is 1.49. The van der Waals surface area contributed by atoms with E-state index in [9.17, 15) is 4.79 Å². The molecule has 0 spiro atoms. The monoisotopic (exact) mass is 180 g/mol. The van der Waals surface area contributed by atoms with E-state index in [0.29, 0.717) is 11.4 Å². The number of carbonyl (C=O) groups excluding carboxylic acids is 1. The van der Waals surface area contributed by atoms with Gasteiger partial charge in [0.1, 0.15) is 5.75 Å². The highest BCUT2D eigenvalue weighted by atomic mass is 16.5. The van der Waals surface area contributed by atoms with Crippen LogP contribution in [0.4, 0.5) is 10.5 Å². The first-order chi connectivity index (χ1) is 6.15. The van der Waals surface area contributed by atoms with Crippen molar-refractivity contribution in [3.8, 4) is 5.75 Å². The van der Waals surface area contributed by atoms with Crippen LogP contribution in [-0.4, -0.2) is 13.1 Å². The lowest BCUT2D eigenvalue weighted by Gasteiger charge is -2.10. The number of anilines is 1. The highest BCUT2D eigenvalue weighted by molar-refractivity contribution is 5.90. The van der Waals surface area contributed by atoms with Crippen LogP contribution in [0.5, 0.6) is 5.75 Å². The van der Waals surface area contributed by atoms with E-state index in [-0.39, 0.29) is 0 Å². The van der Waals surface area contributed by atoms with Crippen molar-refractivity contribution in [1.29, 1.82) is 0 Å². The van der Waals surface area contributed by atoms with Crippen LogP contribution < -0.4 is 15.8 Å². The summed E-state index contributed by atoms with van der Waals surface area (Å²) in [4.78, 5) is 10.6. The predicted molar refractivity (Wildman–Crippen MR) is 50.9 cm³/mol. The summed E-state index contributed by atoms with van der Waals surface area (Å²) in [6.45, 7) is 1.87. The summed E-state index contributed by atoms with van der Waals surface area (Å²) in [5.41, 5.74) is 6.55. The summed E-state index contributed by atoms with van der Waals surface area (Å²) in [6, 6.07) is 4.89. The highest BCUT2D eigenvalue weighted by Gasteiger charge is 2.06. The molecule has 0 fully saturated rings. The number of benzene rings is 1. The highest BCUT2D eigenvalue weighted by Crippen LogP contribution is 2.27. The quantitative estimate of drug-likeness (QED) is 0.724. The molecule has 0 saturated carbocycles. The number of nitrogens with one attached hydrogen (secondary N) is 1. The second-order valence-corrected chi connectivity index (χ2v) is 2.64. The Morgan fingerprint density at radius 2 is 2.23 bits per heavy atom. The average molecular weight is 180 g/mol. The molecule has 1 aromatic carbocycles. The maximum atomic E-state index is 10.6. The minimum atomic E-state index is -0.590. The van der Waals surface area contributed by atoms with Crippen molar-refractivity contribution in [2.24, 2.45) is 5.73 Å². The van der Waals surface area contributed by atoms with Gasteiger partial charge in [-0.05, 0) is 18.6 Å². The molecule has 0 aliphatic heterocycles. The van der Waals surface area contributed by atoms with Gasteiger partial charge in [-0.1, -0.05) is 12.1 Å². The number of ether oxygens (including phenoxy) is 1. The minimum Gasteiger partial charge on any atom is -0.495 e. The van der Waals surface area contributed by atoms with Gasteiger partial charge in [-0.3, -0.25) is 0 Å². The molecule has 0 aromatic heterocycles. The number of rotatable bonds is 2. The van der Waals surface area contributed by atoms with Crippen molar-refractivity contribution >= 4 is 11.7 Å². The smallest absolute Gasteiger partial charge is 0.316 e. The second-order valence-electron chi connectivity index (χ2n) is 2.64. The molecule has 1 aromatic rings. The Kier molecular flexibility index (Phi) is 2.74. The van der Waals surface area contributed by atoms with E-state index in [4.69, 9.17) is 10.5 Å². The molecular weight excluding hydrogens is 168 g/mol. The van der Waals surface area contributed by atoms with Crippen LogP contribution in [-0.2, 0) is 0 Å². The number of primary amides is 1. The Labute approximate surface area is 76.7 Å². The van der Waals surface area contributed by atoms with E-state index in [0.717, 1.165) is 5.56 Å². The number of carbonyl (C=O) groups is 1. The molecule has 3 N–H and O–H groups in total. The Hall–Kier alpha value is -1.71. The SMILES string of the molecule is COc1cccc(C)c1NC(N)=O. The lowest BCUT2D eigenvalue weighted by atomic mass is 10.2. The Morgan fingerprint density at radius 1 is 1.54 bits per heavy atom. The number of hydrogen-bond acceptors (Lipinski definition) is 2. The first-order valence-electron chi connectivity index (χ1n) is 3.85. The summed E-state index contributed by atoms with van der Waals surface area (Å²) in [5.74, 6) is 0.610. The third-order valence-electron chi connectivity index (χ3n) is 1.70. The van der Waals surface area contributed by atoms with E-state index in [1.807, 2.05) is 19.1 Å². The Balaban J connectivity index is 3.07. The molecule has 0 radical (unpaired) electrons. The van der Waals surface area contributed by atoms with Crippen LogP contribution >= 0.6 is 0 Å². The minimum absolute atomic E-state index is 0.590. The summed E-state index contributed by atoms with van der Waals surface area (Å²) >= 11 is 0. The molecule has 1 rings (SSSR count). The van der Waals surface area contributed by atoms with E-state index >= 15 is 0 Å². The summed E-state index contributed by atoms with van der Waals surface area (Å²) in [5, 5.41) is 2.51. The molecule has 0 atom stereocenters. The molecule has 0 bridgehead atoms. The standard InChI is InChI=1S/C9H12N2O2/c1-6-4-3-5-7(13-2)8(6)11-9(10)12/h3-5H,1-2H3,(H3,10,11,12). The van der Waals surface area contributed by atoms with Crippen molar-refractivity contribution in [2.75, 3.05) is 12.4 Å². The average Bonchev–Trinajstić information content (AvgIpc) is 2.08. The molecule has 0 aliphatic rings. The number of nitrogens with two attached hydrogens (primary N) is 1. The fourth-order valence-corrected chi connectivity index (χ4v) is 1.09. The summed E-state index contributed by atoms with van der Waals surface area (Å²) in [7, 11) is 1.54. The van der Waals surface area contributed by atoms with Gasteiger partial charge in [0.05, 0.1) is 12.8 Å². The Bertz CT molecular complexity index is 323. The van der Waals surface area contributed by atoms with Gasteiger partial charge in [0, 0.05) is 0 Å². The van der Waals surface area contributed by atoms with Gasteiger partial charge in [-0.25, -0.2) is 4.79 Å². The van der Waals surface area contributed by atoms with E-state index in [1.165, 1.54) is 0 Å². The molecule has 0 saturated heterocycles. The summed E-state index contributed by atoms with van der Waals surface area (Å²) < 4.78 is 5.06. The third kappa shape index (κ3) is 2.11. The molecule has 13 heavy (non-hydrogen) atoms. The Morgan fingerprint density at radius 3 is 2.77 bits per heavy atom. The number of urea groups is 1. The topological polar surface area (TPSA) is 64.3 Å². The van der Waals surface area contributed by atoms with Crippen LogP contribution in [0.15, 0.2) is 18.2 Å². The third-order valence-corrected chi connectivity index (χ3v) is 1.70. The van der Waals surface area contributed by atoms with Crippen LogP contribution in [0.3, 0.4) is 0 Å². The lowest BCUT2D eigenvalue weighted by molar-refractivity contribution is 0.259. The fourth-order valence-electron chi connectivity index (χ4n) is 1.09. The van der Waals surface area contributed by atoms with Crippen molar-refractivity contribution in [3.05, 3.63) is 23.8 Å². The van der Waals surface area contributed by atoms with Gasteiger partial charge < -0.3 is 15.8 Å². The second kappa shape index (κ2) is 3.80.